The van der Waals surface area contributed by atoms with E-state index in [-0.39, 0.29) is 0 Å². The van der Waals surface area contributed by atoms with Crippen molar-refractivity contribution < 1.29 is 4.42 Å². The van der Waals surface area contributed by atoms with Gasteiger partial charge in [0.25, 0.3) is 0 Å². The Morgan fingerprint density at radius 3 is 1.62 bits per heavy atom. The number of furan rings is 1. The smallest absolute Gasteiger partial charge is 0.220 e. The molecular formula is C50H29N7O. The van der Waals surface area contributed by atoms with Gasteiger partial charge in [0.1, 0.15) is 11.2 Å². The number of hydrogen-bond donors (Lipinski definition) is 0. The third-order valence-electron chi connectivity index (χ3n) is 12.1. The second-order valence-corrected chi connectivity index (χ2v) is 15.1. The molecule has 0 saturated heterocycles. The average molecular weight is 744 g/mol. The highest BCUT2D eigenvalue weighted by Crippen LogP contribution is 2.40. The number of imidazole rings is 4. The molecule has 8 nitrogen and oxygen atoms in total. The molecule has 0 saturated carbocycles. The van der Waals surface area contributed by atoms with Gasteiger partial charge in [-0.25, -0.2) is 9.97 Å². The lowest BCUT2D eigenvalue weighted by Crippen LogP contribution is -1.98. The maximum Gasteiger partial charge on any atom is 0.220 e. The summed E-state index contributed by atoms with van der Waals surface area (Å²) in [5.74, 6) is 1.71. The van der Waals surface area contributed by atoms with E-state index in [2.05, 4.69) is 192 Å². The molecule has 14 aromatic rings. The van der Waals surface area contributed by atoms with Gasteiger partial charge in [-0.1, -0.05) is 78.9 Å². The number of hydrogen-bond acceptors (Lipinski definition) is 3. The highest BCUT2D eigenvalue weighted by Gasteiger charge is 2.24. The molecule has 0 aliphatic carbocycles. The van der Waals surface area contributed by atoms with Gasteiger partial charge < -0.3 is 8.98 Å². The lowest BCUT2D eigenvalue weighted by molar-refractivity contribution is 0.669. The summed E-state index contributed by atoms with van der Waals surface area (Å²) in [5, 5.41) is 4.55. The Bertz CT molecular complexity index is 4000. The maximum absolute atomic E-state index is 6.63. The minimum absolute atomic E-state index is 0.826. The van der Waals surface area contributed by atoms with Crippen LogP contribution in [0.2, 0.25) is 0 Å². The van der Waals surface area contributed by atoms with E-state index in [1.54, 1.807) is 0 Å². The predicted molar refractivity (Wildman–Crippen MR) is 234 cm³/mol. The molecular weight excluding hydrogens is 715 g/mol. The van der Waals surface area contributed by atoms with Gasteiger partial charge in [0.2, 0.25) is 11.6 Å². The number of fused-ring (bicyclic) bond motifs is 16. The normalized spacial score (nSPS) is 12.5. The fraction of sp³-hybridized carbons (Fsp3) is 0. The van der Waals surface area contributed by atoms with Crippen LogP contribution in [-0.4, -0.2) is 32.5 Å². The monoisotopic (exact) mass is 743 g/mol. The van der Waals surface area contributed by atoms with Crippen LogP contribution in [0.15, 0.2) is 180 Å². The number of benzene rings is 8. The topological polar surface area (TPSA) is 62.5 Å². The molecule has 270 valence electrons. The van der Waals surface area contributed by atoms with Gasteiger partial charge in [-0.3, -0.25) is 17.9 Å². The van der Waals surface area contributed by atoms with Gasteiger partial charge in [-0.05, 0) is 97.1 Å². The average Bonchev–Trinajstić information content (AvgIpc) is 4.11. The highest BCUT2D eigenvalue weighted by atomic mass is 16.3. The molecule has 0 aliphatic heterocycles. The van der Waals surface area contributed by atoms with Crippen molar-refractivity contribution in [1.82, 2.24) is 32.5 Å². The van der Waals surface area contributed by atoms with Crippen molar-refractivity contribution in [3.8, 4) is 17.1 Å². The minimum atomic E-state index is 0.826. The van der Waals surface area contributed by atoms with E-state index in [4.69, 9.17) is 14.4 Å². The van der Waals surface area contributed by atoms with Crippen molar-refractivity contribution in [2.45, 2.75) is 0 Å². The molecule has 0 radical (unpaired) electrons. The van der Waals surface area contributed by atoms with Crippen molar-refractivity contribution in [3.63, 3.8) is 0 Å². The van der Waals surface area contributed by atoms with Crippen molar-refractivity contribution in [2.24, 2.45) is 0 Å². The molecule has 0 bridgehead atoms. The maximum atomic E-state index is 6.63. The van der Waals surface area contributed by atoms with Gasteiger partial charge in [-0.15, -0.1) is 0 Å². The molecule has 0 unspecified atom stereocenters. The first-order chi connectivity index (χ1) is 28.8. The summed E-state index contributed by atoms with van der Waals surface area (Å²) in [4.78, 5) is 10.5. The van der Waals surface area contributed by atoms with Crippen LogP contribution in [0.1, 0.15) is 0 Å². The Morgan fingerprint density at radius 1 is 0.345 bits per heavy atom. The van der Waals surface area contributed by atoms with Crippen molar-refractivity contribution in [3.05, 3.63) is 176 Å². The van der Waals surface area contributed by atoms with E-state index in [1.165, 1.54) is 21.8 Å². The lowest BCUT2D eigenvalue weighted by atomic mass is 10.1. The first-order valence-electron chi connectivity index (χ1n) is 19.5. The molecule has 0 amide bonds. The van der Waals surface area contributed by atoms with Gasteiger partial charge in [0.05, 0.1) is 71.9 Å². The van der Waals surface area contributed by atoms with Crippen molar-refractivity contribution >= 4 is 99.4 Å². The standard InChI is InChI=1S/C50H29N7O/c1-5-16-37-32(12-1)33-13-2-6-17-38(33)53(37)30-25-27-46-34(28-30)48-44(22-11-23-47(48)58-46)57-43-26-24-31(29-45(43)56-40-19-8-4-15-36(40)52-50(56)57)54-41-20-9-10-21-42(41)55-39-18-7-3-14-35(39)51-49(54)55/h1-29H. The second kappa shape index (κ2) is 10.8. The molecule has 0 aliphatic rings. The molecule has 6 heterocycles. The Hall–Kier alpha value is -8.10. The van der Waals surface area contributed by atoms with E-state index < -0.39 is 0 Å². The van der Waals surface area contributed by atoms with Crippen LogP contribution >= 0.6 is 0 Å². The molecule has 0 N–H and O–H groups in total. The molecule has 0 atom stereocenters. The van der Waals surface area contributed by atoms with Crippen LogP contribution in [-0.2, 0) is 0 Å². The zero-order valence-electron chi connectivity index (χ0n) is 30.8. The molecule has 0 spiro atoms. The molecule has 14 rings (SSSR count). The second-order valence-electron chi connectivity index (χ2n) is 15.1. The summed E-state index contributed by atoms with van der Waals surface area (Å²) < 4.78 is 18.1. The van der Waals surface area contributed by atoms with Gasteiger partial charge in [0.15, 0.2) is 0 Å². The van der Waals surface area contributed by atoms with Crippen LogP contribution in [0.4, 0.5) is 0 Å². The SMILES string of the molecule is c1ccc2c(c1)nc1n(-c3ccc4c(c3)n3c5ccccc5nc3n4-c3cccc4oc5ccc(-n6c7ccccc7c7ccccc76)cc5c34)c3ccccc3n21. The third-order valence-corrected chi connectivity index (χ3v) is 12.1. The largest absolute Gasteiger partial charge is 0.456 e. The summed E-state index contributed by atoms with van der Waals surface area (Å²) in [5.41, 5.74) is 15.4. The van der Waals surface area contributed by atoms with Crippen molar-refractivity contribution in [2.75, 3.05) is 0 Å². The van der Waals surface area contributed by atoms with Crippen molar-refractivity contribution in [1.29, 1.82) is 0 Å². The summed E-state index contributed by atoms with van der Waals surface area (Å²) in [6, 6.07) is 62.2. The summed E-state index contributed by atoms with van der Waals surface area (Å²) in [7, 11) is 0. The Morgan fingerprint density at radius 2 is 0.897 bits per heavy atom. The van der Waals surface area contributed by atoms with E-state index in [9.17, 15) is 0 Å². The number of rotatable bonds is 3. The number of para-hydroxylation sites is 8. The zero-order chi connectivity index (χ0) is 37.6. The Kier molecular flexibility index (Phi) is 5.62. The van der Waals surface area contributed by atoms with Crippen LogP contribution in [0, 0.1) is 0 Å². The van der Waals surface area contributed by atoms with Crippen LogP contribution < -0.4 is 0 Å². The highest BCUT2D eigenvalue weighted by molar-refractivity contribution is 6.13. The number of aromatic nitrogens is 7. The van der Waals surface area contributed by atoms with Crippen LogP contribution in [0.3, 0.4) is 0 Å². The van der Waals surface area contributed by atoms with E-state index in [0.29, 0.717) is 0 Å². The first kappa shape index (κ1) is 30.2. The molecule has 58 heavy (non-hydrogen) atoms. The van der Waals surface area contributed by atoms with E-state index in [1.807, 2.05) is 6.07 Å². The summed E-state index contributed by atoms with van der Waals surface area (Å²) >= 11 is 0. The predicted octanol–water partition coefficient (Wildman–Crippen LogP) is 12.2. The Labute approximate surface area is 328 Å². The van der Waals surface area contributed by atoms with E-state index in [0.717, 1.165) is 94.7 Å². The molecule has 0 fully saturated rings. The third kappa shape index (κ3) is 3.78. The van der Waals surface area contributed by atoms with E-state index >= 15 is 0 Å². The zero-order valence-corrected chi connectivity index (χ0v) is 30.8. The lowest BCUT2D eigenvalue weighted by Gasteiger charge is -2.10. The summed E-state index contributed by atoms with van der Waals surface area (Å²) in [6.07, 6.45) is 0. The molecule has 6 aromatic heterocycles. The molecule has 8 aromatic carbocycles. The quantitative estimate of drug-likeness (QED) is 0.181. The molecule has 8 heteroatoms. The summed E-state index contributed by atoms with van der Waals surface area (Å²) in [6.45, 7) is 0. The minimum Gasteiger partial charge on any atom is -0.456 e. The Balaban J connectivity index is 1.06. The van der Waals surface area contributed by atoms with Crippen LogP contribution in [0.25, 0.3) is 116 Å². The first-order valence-corrected chi connectivity index (χ1v) is 19.5. The fourth-order valence-corrected chi connectivity index (χ4v) is 9.69. The number of nitrogens with zero attached hydrogens (tertiary/aromatic N) is 7. The van der Waals surface area contributed by atoms with Gasteiger partial charge >= 0.3 is 0 Å². The van der Waals surface area contributed by atoms with Crippen LogP contribution in [0.5, 0.6) is 0 Å². The van der Waals surface area contributed by atoms with Gasteiger partial charge in [-0.2, -0.15) is 0 Å². The fourth-order valence-electron chi connectivity index (χ4n) is 9.69. The van der Waals surface area contributed by atoms with Gasteiger partial charge in [0, 0.05) is 21.8 Å².